The summed E-state index contributed by atoms with van der Waals surface area (Å²) in [4.78, 5) is 0. The fourth-order valence-electron chi connectivity index (χ4n) is 2.96. The second-order valence-corrected chi connectivity index (χ2v) is 6.37. The molecule has 0 saturated heterocycles. The van der Waals surface area contributed by atoms with Crippen LogP contribution in [-0.4, -0.2) is 9.78 Å². The van der Waals surface area contributed by atoms with Crippen molar-refractivity contribution >= 4 is 5.69 Å². The van der Waals surface area contributed by atoms with E-state index in [0.29, 0.717) is 0 Å². The smallest absolute Gasteiger partial charge is 0.0977 e. The van der Waals surface area contributed by atoms with Crippen LogP contribution in [0, 0.1) is 6.92 Å². The zero-order valence-corrected chi connectivity index (χ0v) is 14.8. The average molecular weight is 339 g/mol. The minimum absolute atomic E-state index is 0.722. The molecule has 0 unspecified atom stereocenters. The first kappa shape index (κ1) is 16.2. The van der Waals surface area contributed by atoms with Crippen LogP contribution in [0.3, 0.4) is 0 Å². The second kappa shape index (κ2) is 7.28. The highest BCUT2D eigenvalue weighted by Crippen LogP contribution is 2.24. The molecule has 128 valence electrons. The third-order valence-corrected chi connectivity index (χ3v) is 4.39. The molecule has 1 N–H and O–H groups in total. The molecule has 0 aliphatic heterocycles. The summed E-state index contributed by atoms with van der Waals surface area (Å²) in [6.07, 6.45) is 2.11. The number of aryl methyl sites for hydroxylation is 1. The van der Waals surface area contributed by atoms with Crippen molar-refractivity contribution in [3.8, 4) is 16.9 Å². The number of aromatic nitrogens is 2. The number of nitrogens with zero attached hydrogens (tertiary/aromatic N) is 2. The predicted molar refractivity (Wildman–Crippen MR) is 108 cm³/mol. The molecule has 4 rings (SSSR count). The fourth-order valence-corrected chi connectivity index (χ4v) is 2.96. The molecule has 0 amide bonds. The van der Waals surface area contributed by atoms with Crippen molar-refractivity contribution in [2.75, 3.05) is 5.32 Å². The minimum atomic E-state index is 0.722. The molecule has 1 heterocycles. The lowest BCUT2D eigenvalue weighted by Gasteiger charge is -2.07. The highest BCUT2D eigenvalue weighted by molar-refractivity contribution is 5.64. The molecule has 0 radical (unpaired) electrons. The standard InChI is InChI=1S/C23H21N3/c1-18-12-14-21(15-13-18)24-16-20-17-26(22-10-6-3-7-11-22)25-23(20)19-8-4-2-5-9-19/h2-15,17,24H,16H2,1H3. The van der Waals surface area contributed by atoms with E-state index in [1.165, 1.54) is 11.1 Å². The van der Waals surface area contributed by atoms with Crippen LogP contribution in [0.2, 0.25) is 0 Å². The molecule has 0 saturated carbocycles. The molecule has 1 aromatic heterocycles. The Morgan fingerprint density at radius 3 is 2.15 bits per heavy atom. The Balaban J connectivity index is 1.67. The van der Waals surface area contributed by atoms with Gasteiger partial charge in [-0.3, -0.25) is 0 Å². The first-order valence-electron chi connectivity index (χ1n) is 8.79. The van der Waals surface area contributed by atoms with E-state index in [1.54, 1.807) is 0 Å². The molecular weight excluding hydrogens is 318 g/mol. The normalized spacial score (nSPS) is 10.7. The first-order chi connectivity index (χ1) is 12.8. The number of para-hydroxylation sites is 1. The lowest BCUT2D eigenvalue weighted by atomic mass is 10.1. The topological polar surface area (TPSA) is 29.9 Å². The summed E-state index contributed by atoms with van der Waals surface area (Å²) in [5.74, 6) is 0. The van der Waals surface area contributed by atoms with E-state index in [4.69, 9.17) is 5.10 Å². The van der Waals surface area contributed by atoms with Gasteiger partial charge in [0, 0.05) is 29.6 Å². The van der Waals surface area contributed by atoms with E-state index in [1.807, 2.05) is 41.1 Å². The maximum Gasteiger partial charge on any atom is 0.0977 e. The van der Waals surface area contributed by atoms with E-state index in [2.05, 4.69) is 67.0 Å². The third-order valence-electron chi connectivity index (χ3n) is 4.39. The van der Waals surface area contributed by atoms with Crippen LogP contribution in [0.4, 0.5) is 5.69 Å². The van der Waals surface area contributed by atoms with Gasteiger partial charge in [0.1, 0.15) is 0 Å². The van der Waals surface area contributed by atoms with Gasteiger partial charge in [0.25, 0.3) is 0 Å². The molecule has 0 aliphatic rings. The van der Waals surface area contributed by atoms with Gasteiger partial charge in [0.15, 0.2) is 0 Å². The van der Waals surface area contributed by atoms with E-state index >= 15 is 0 Å². The van der Waals surface area contributed by atoms with Crippen molar-refractivity contribution in [1.82, 2.24) is 9.78 Å². The Morgan fingerprint density at radius 1 is 0.808 bits per heavy atom. The molecule has 3 aromatic carbocycles. The van der Waals surface area contributed by atoms with Crippen molar-refractivity contribution in [2.24, 2.45) is 0 Å². The third kappa shape index (κ3) is 3.52. The fraction of sp³-hybridized carbons (Fsp3) is 0.0870. The van der Waals surface area contributed by atoms with E-state index in [9.17, 15) is 0 Å². The molecule has 0 fully saturated rings. The SMILES string of the molecule is Cc1ccc(NCc2cn(-c3ccccc3)nc2-c2ccccc2)cc1. The molecule has 4 aromatic rings. The van der Waals surface area contributed by atoms with Gasteiger partial charge in [-0.25, -0.2) is 4.68 Å². The Bertz CT molecular complexity index is 971. The molecule has 0 aliphatic carbocycles. The molecule has 3 heteroatoms. The van der Waals surface area contributed by atoms with E-state index < -0.39 is 0 Å². The zero-order chi connectivity index (χ0) is 17.8. The highest BCUT2D eigenvalue weighted by atomic mass is 15.3. The molecule has 0 atom stereocenters. The van der Waals surface area contributed by atoms with Crippen LogP contribution >= 0.6 is 0 Å². The molecule has 0 spiro atoms. The van der Waals surface area contributed by atoms with Crippen LogP contribution in [0.25, 0.3) is 16.9 Å². The van der Waals surface area contributed by atoms with Gasteiger partial charge in [0.2, 0.25) is 0 Å². The van der Waals surface area contributed by atoms with Gasteiger partial charge >= 0.3 is 0 Å². The maximum atomic E-state index is 4.85. The molecule has 3 nitrogen and oxygen atoms in total. The summed E-state index contributed by atoms with van der Waals surface area (Å²) in [6.45, 7) is 2.82. The number of rotatable bonds is 5. The van der Waals surface area contributed by atoms with Crippen molar-refractivity contribution in [3.05, 3.63) is 102 Å². The predicted octanol–water partition coefficient (Wildman–Crippen LogP) is 5.46. The first-order valence-corrected chi connectivity index (χ1v) is 8.79. The summed E-state index contributed by atoms with van der Waals surface area (Å²) >= 11 is 0. The van der Waals surface area contributed by atoms with Crippen molar-refractivity contribution < 1.29 is 0 Å². The summed E-state index contributed by atoms with van der Waals surface area (Å²) in [5, 5.41) is 8.36. The van der Waals surface area contributed by atoms with Crippen LogP contribution in [0.5, 0.6) is 0 Å². The van der Waals surface area contributed by atoms with Crippen LogP contribution in [-0.2, 0) is 6.54 Å². The summed E-state index contributed by atoms with van der Waals surface area (Å²) in [6, 6.07) is 29.0. The van der Waals surface area contributed by atoms with Crippen molar-refractivity contribution in [3.63, 3.8) is 0 Å². The van der Waals surface area contributed by atoms with Crippen LogP contribution < -0.4 is 5.32 Å². The van der Waals surface area contributed by atoms with E-state index in [0.717, 1.165) is 29.2 Å². The lowest BCUT2D eigenvalue weighted by Crippen LogP contribution is -1.99. The Kier molecular flexibility index (Phi) is 4.52. The van der Waals surface area contributed by atoms with Gasteiger partial charge < -0.3 is 5.32 Å². The van der Waals surface area contributed by atoms with Gasteiger partial charge in [-0.2, -0.15) is 5.10 Å². The van der Waals surface area contributed by atoms with Gasteiger partial charge in [-0.05, 0) is 31.2 Å². The van der Waals surface area contributed by atoms with Gasteiger partial charge in [0.05, 0.1) is 11.4 Å². The Morgan fingerprint density at radius 2 is 1.46 bits per heavy atom. The zero-order valence-electron chi connectivity index (χ0n) is 14.8. The van der Waals surface area contributed by atoms with Crippen molar-refractivity contribution in [1.29, 1.82) is 0 Å². The second-order valence-electron chi connectivity index (χ2n) is 6.37. The maximum absolute atomic E-state index is 4.85. The number of benzene rings is 3. The summed E-state index contributed by atoms with van der Waals surface area (Å²) in [7, 11) is 0. The van der Waals surface area contributed by atoms with Crippen molar-refractivity contribution in [2.45, 2.75) is 13.5 Å². The summed E-state index contributed by atoms with van der Waals surface area (Å²) < 4.78 is 1.95. The quantitative estimate of drug-likeness (QED) is 0.523. The van der Waals surface area contributed by atoms with Crippen LogP contribution in [0.1, 0.15) is 11.1 Å². The molecule has 0 bridgehead atoms. The molecule has 26 heavy (non-hydrogen) atoms. The number of anilines is 1. The number of nitrogens with one attached hydrogen (secondary N) is 1. The molecular formula is C23H21N3. The average Bonchev–Trinajstić information content (AvgIpc) is 3.13. The van der Waals surface area contributed by atoms with E-state index in [-0.39, 0.29) is 0 Å². The summed E-state index contributed by atoms with van der Waals surface area (Å²) in [5.41, 5.74) is 6.74. The monoisotopic (exact) mass is 339 g/mol. The Hall–Kier alpha value is -3.33. The van der Waals surface area contributed by atoms with Gasteiger partial charge in [-0.15, -0.1) is 0 Å². The lowest BCUT2D eigenvalue weighted by molar-refractivity contribution is 0.883. The number of hydrogen-bond acceptors (Lipinski definition) is 2. The van der Waals surface area contributed by atoms with Crippen LogP contribution in [0.15, 0.2) is 91.1 Å². The largest absolute Gasteiger partial charge is 0.381 e. The number of hydrogen-bond donors (Lipinski definition) is 1. The Labute approximate surface area is 153 Å². The van der Waals surface area contributed by atoms with Gasteiger partial charge in [-0.1, -0.05) is 66.2 Å². The minimum Gasteiger partial charge on any atom is -0.381 e. The highest BCUT2D eigenvalue weighted by Gasteiger charge is 2.12.